The van der Waals surface area contributed by atoms with Crippen LogP contribution in [-0.4, -0.2) is 4.98 Å². The first kappa shape index (κ1) is 13.4. The molecule has 1 heterocycles. The van der Waals surface area contributed by atoms with Crippen molar-refractivity contribution in [3.05, 3.63) is 35.5 Å². The summed E-state index contributed by atoms with van der Waals surface area (Å²) in [6, 6.07) is 1.71. The van der Waals surface area contributed by atoms with Crippen molar-refractivity contribution in [1.82, 2.24) is 4.98 Å². The van der Waals surface area contributed by atoms with Gasteiger partial charge in [0.25, 0.3) is 0 Å². The summed E-state index contributed by atoms with van der Waals surface area (Å²) in [5.74, 6) is -0.460. The van der Waals surface area contributed by atoms with Gasteiger partial charge in [-0.15, -0.1) is 0 Å². The molecule has 0 saturated carbocycles. The van der Waals surface area contributed by atoms with Crippen LogP contribution in [0.2, 0.25) is 0 Å². The second-order valence-corrected chi connectivity index (χ2v) is 3.81. The van der Waals surface area contributed by atoms with E-state index in [0.29, 0.717) is 6.07 Å². The average Bonchev–Trinajstić information content (AvgIpc) is 2.25. The van der Waals surface area contributed by atoms with Crippen molar-refractivity contribution >= 4 is 16.6 Å². The topological polar surface area (TPSA) is 38.9 Å². The summed E-state index contributed by atoms with van der Waals surface area (Å²) in [4.78, 5) is 3.47. The van der Waals surface area contributed by atoms with Crippen molar-refractivity contribution in [2.45, 2.75) is 12.4 Å². The van der Waals surface area contributed by atoms with Crippen LogP contribution in [0.4, 0.5) is 32.2 Å². The minimum atomic E-state index is -4.95. The van der Waals surface area contributed by atoms with Crippen LogP contribution in [0.1, 0.15) is 11.1 Å². The van der Waals surface area contributed by atoms with Crippen LogP contribution in [0.3, 0.4) is 0 Å². The minimum Gasteiger partial charge on any atom is -0.383 e. The molecular weight excluding hydrogens is 274 g/mol. The van der Waals surface area contributed by atoms with E-state index in [2.05, 4.69) is 4.98 Å². The highest BCUT2D eigenvalue weighted by Crippen LogP contribution is 2.41. The lowest BCUT2D eigenvalue weighted by Crippen LogP contribution is -2.12. The Morgan fingerprint density at radius 2 is 1.58 bits per heavy atom. The Morgan fingerprint density at radius 3 is 2.11 bits per heavy atom. The molecule has 2 rings (SSSR count). The molecule has 0 spiro atoms. The largest absolute Gasteiger partial charge is 0.417 e. The molecule has 19 heavy (non-hydrogen) atoms. The Morgan fingerprint density at radius 1 is 0.947 bits per heavy atom. The first-order chi connectivity index (χ1) is 8.60. The molecule has 8 heteroatoms. The number of rotatable bonds is 0. The van der Waals surface area contributed by atoms with Crippen LogP contribution in [0.15, 0.2) is 24.4 Å². The van der Waals surface area contributed by atoms with Crippen LogP contribution >= 0.6 is 0 Å². The molecule has 2 nitrogen and oxygen atoms in total. The van der Waals surface area contributed by atoms with Crippen molar-refractivity contribution < 1.29 is 26.3 Å². The van der Waals surface area contributed by atoms with Gasteiger partial charge < -0.3 is 5.73 Å². The summed E-state index contributed by atoms with van der Waals surface area (Å²) < 4.78 is 76.2. The minimum absolute atomic E-state index is 0.0420. The van der Waals surface area contributed by atoms with Gasteiger partial charge in [0.1, 0.15) is 5.82 Å². The molecule has 102 valence electrons. The van der Waals surface area contributed by atoms with E-state index in [-0.39, 0.29) is 11.5 Å². The van der Waals surface area contributed by atoms with Gasteiger partial charge in [0.2, 0.25) is 0 Å². The smallest absolute Gasteiger partial charge is 0.383 e. The lowest BCUT2D eigenvalue weighted by molar-refractivity contribution is -0.142. The van der Waals surface area contributed by atoms with Crippen LogP contribution in [0.5, 0.6) is 0 Å². The molecular formula is C11H6F6N2. The maximum atomic E-state index is 12.8. The van der Waals surface area contributed by atoms with Crippen LogP contribution in [-0.2, 0) is 12.4 Å². The zero-order valence-electron chi connectivity index (χ0n) is 9.10. The number of aromatic nitrogens is 1. The summed E-state index contributed by atoms with van der Waals surface area (Å²) in [6.07, 6.45) is -8.76. The highest BCUT2D eigenvalue weighted by atomic mass is 19.4. The van der Waals surface area contributed by atoms with Gasteiger partial charge in [-0.2, -0.15) is 26.3 Å². The standard InChI is InChI=1S/C11H6F6N2/c12-10(13,14)6-3-5-1-2-19-9(18)8(5)7(4-6)11(15,16)17/h1-4H,(H2,18,19). The molecule has 0 unspecified atom stereocenters. The van der Waals surface area contributed by atoms with Crippen molar-refractivity contribution in [3.8, 4) is 0 Å². The lowest BCUT2D eigenvalue weighted by Gasteiger charge is -2.15. The molecule has 1 aromatic carbocycles. The monoisotopic (exact) mass is 280 g/mol. The Hall–Kier alpha value is -1.99. The fourth-order valence-corrected chi connectivity index (χ4v) is 1.73. The molecule has 0 amide bonds. The molecule has 0 atom stereocenters. The summed E-state index contributed by atoms with van der Waals surface area (Å²) in [5.41, 5.74) is 2.50. The second kappa shape index (κ2) is 4.01. The molecule has 2 aromatic rings. The Kier molecular flexibility index (Phi) is 2.83. The number of nitrogens with two attached hydrogens (primary N) is 1. The van der Waals surface area contributed by atoms with Crippen LogP contribution < -0.4 is 5.73 Å². The molecule has 0 aliphatic heterocycles. The van der Waals surface area contributed by atoms with Gasteiger partial charge in [-0.3, -0.25) is 0 Å². The van der Waals surface area contributed by atoms with Crippen molar-refractivity contribution in [1.29, 1.82) is 0 Å². The number of nitrogen functional groups attached to an aromatic ring is 1. The zero-order chi connectivity index (χ0) is 14.4. The summed E-state index contributed by atoms with van der Waals surface area (Å²) in [6.45, 7) is 0. The van der Waals surface area contributed by atoms with E-state index in [1.54, 1.807) is 0 Å². The van der Waals surface area contributed by atoms with E-state index in [1.807, 2.05) is 0 Å². The van der Waals surface area contributed by atoms with Gasteiger partial charge in [-0.05, 0) is 23.6 Å². The number of fused-ring (bicyclic) bond motifs is 1. The third kappa shape index (κ3) is 2.42. The maximum Gasteiger partial charge on any atom is 0.417 e. The fraction of sp³-hybridized carbons (Fsp3) is 0.182. The van der Waals surface area contributed by atoms with E-state index >= 15 is 0 Å². The summed E-state index contributed by atoms with van der Waals surface area (Å²) in [5, 5.41) is -0.780. The highest BCUT2D eigenvalue weighted by molar-refractivity contribution is 5.94. The van der Waals surface area contributed by atoms with Crippen molar-refractivity contribution in [2.75, 3.05) is 5.73 Å². The van der Waals surface area contributed by atoms with Gasteiger partial charge in [-0.1, -0.05) is 0 Å². The Labute approximate surface area is 102 Å². The predicted molar refractivity (Wildman–Crippen MR) is 56.2 cm³/mol. The molecule has 0 fully saturated rings. The van der Waals surface area contributed by atoms with E-state index in [4.69, 9.17) is 5.73 Å². The number of benzene rings is 1. The Bertz CT molecular complexity index is 629. The van der Waals surface area contributed by atoms with E-state index in [1.165, 1.54) is 0 Å². The molecule has 1 aromatic heterocycles. The average molecular weight is 280 g/mol. The number of hydrogen-bond donors (Lipinski definition) is 1. The third-order valence-electron chi connectivity index (χ3n) is 2.53. The van der Waals surface area contributed by atoms with Crippen molar-refractivity contribution in [2.24, 2.45) is 0 Å². The molecule has 2 N–H and O–H groups in total. The SMILES string of the molecule is Nc1nccc2cc(C(F)(F)F)cc(C(F)(F)F)c12. The zero-order valence-corrected chi connectivity index (χ0v) is 9.10. The quantitative estimate of drug-likeness (QED) is 0.744. The maximum absolute atomic E-state index is 12.8. The number of halogens is 6. The number of hydrogen-bond acceptors (Lipinski definition) is 2. The molecule has 0 aliphatic rings. The fourth-order valence-electron chi connectivity index (χ4n) is 1.73. The number of pyridine rings is 1. The molecule has 0 saturated heterocycles. The van der Waals surface area contributed by atoms with E-state index < -0.39 is 34.7 Å². The number of nitrogens with zero attached hydrogens (tertiary/aromatic N) is 1. The van der Waals surface area contributed by atoms with Gasteiger partial charge in [0, 0.05) is 11.6 Å². The summed E-state index contributed by atoms with van der Waals surface area (Å²) in [7, 11) is 0. The highest BCUT2D eigenvalue weighted by Gasteiger charge is 2.38. The van der Waals surface area contributed by atoms with E-state index in [9.17, 15) is 26.3 Å². The molecule has 0 radical (unpaired) electrons. The van der Waals surface area contributed by atoms with Gasteiger partial charge in [0.15, 0.2) is 0 Å². The Balaban J connectivity index is 2.89. The van der Waals surface area contributed by atoms with Gasteiger partial charge >= 0.3 is 12.4 Å². The first-order valence-electron chi connectivity index (χ1n) is 4.93. The van der Waals surface area contributed by atoms with E-state index in [0.717, 1.165) is 12.3 Å². The number of anilines is 1. The van der Waals surface area contributed by atoms with Gasteiger partial charge in [-0.25, -0.2) is 4.98 Å². The third-order valence-corrected chi connectivity index (χ3v) is 2.53. The van der Waals surface area contributed by atoms with Crippen molar-refractivity contribution in [3.63, 3.8) is 0 Å². The first-order valence-corrected chi connectivity index (χ1v) is 4.93. The molecule has 0 bridgehead atoms. The molecule has 0 aliphatic carbocycles. The summed E-state index contributed by atoms with van der Waals surface area (Å²) >= 11 is 0. The normalized spacial score (nSPS) is 12.9. The number of alkyl halides is 6. The predicted octanol–water partition coefficient (Wildman–Crippen LogP) is 3.85. The van der Waals surface area contributed by atoms with Gasteiger partial charge in [0.05, 0.1) is 11.1 Å². The lowest BCUT2D eigenvalue weighted by atomic mass is 10.0. The van der Waals surface area contributed by atoms with Crippen LogP contribution in [0, 0.1) is 0 Å². The second-order valence-electron chi connectivity index (χ2n) is 3.81. The van der Waals surface area contributed by atoms with Crippen LogP contribution in [0.25, 0.3) is 10.8 Å².